The van der Waals surface area contributed by atoms with Gasteiger partial charge in [0.2, 0.25) is 0 Å². The van der Waals surface area contributed by atoms with Crippen molar-refractivity contribution in [3.8, 4) is 5.69 Å². The number of ketones is 2. The van der Waals surface area contributed by atoms with Crippen molar-refractivity contribution in [2.24, 2.45) is 5.92 Å². The Labute approximate surface area is 187 Å². The maximum absolute atomic E-state index is 12.7. The van der Waals surface area contributed by atoms with Crippen LogP contribution in [0.25, 0.3) is 16.6 Å². The van der Waals surface area contributed by atoms with E-state index in [1.54, 1.807) is 24.4 Å². The lowest BCUT2D eigenvalue weighted by Crippen LogP contribution is -2.10. The van der Waals surface area contributed by atoms with Crippen LogP contribution in [0.3, 0.4) is 0 Å². The van der Waals surface area contributed by atoms with Gasteiger partial charge in [0.15, 0.2) is 11.6 Å². The molecule has 0 unspecified atom stereocenters. The fourth-order valence-corrected chi connectivity index (χ4v) is 3.59. The fraction of sp³-hybridized carbons (Fsp3) is 0.269. The van der Waals surface area contributed by atoms with Crippen molar-refractivity contribution in [2.75, 3.05) is 0 Å². The second-order valence-corrected chi connectivity index (χ2v) is 8.48. The summed E-state index contributed by atoms with van der Waals surface area (Å²) < 4.78 is 1.81. The monoisotopic (exact) mass is 426 g/mol. The Morgan fingerprint density at radius 2 is 1.75 bits per heavy atom. The highest BCUT2D eigenvalue weighted by Gasteiger charge is 2.14. The van der Waals surface area contributed by atoms with Crippen LogP contribution in [0.4, 0.5) is 0 Å². The molecule has 162 valence electrons. The first-order chi connectivity index (χ1) is 15.4. The lowest BCUT2D eigenvalue weighted by molar-refractivity contribution is 0.0962. The average Bonchev–Trinajstić information content (AvgIpc) is 3.26. The summed E-state index contributed by atoms with van der Waals surface area (Å²) in [6, 6.07) is 15.1. The zero-order valence-corrected chi connectivity index (χ0v) is 18.6. The normalized spacial score (nSPS) is 11.2. The summed E-state index contributed by atoms with van der Waals surface area (Å²) >= 11 is 0. The van der Waals surface area contributed by atoms with Gasteiger partial charge in [-0.3, -0.25) is 14.6 Å². The number of hydrogen-bond donors (Lipinski definition) is 0. The van der Waals surface area contributed by atoms with Gasteiger partial charge >= 0.3 is 0 Å². The van der Waals surface area contributed by atoms with Crippen LogP contribution in [-0.2, 0) is 6.42 Å². The molecule has 0 amide bonds. The first-order valence-corrected chi connectivity index (χ1v) is 10.8. The predicted octanol–water partition coefficient (Wildman–Crippen LogP) is 5.17. The first-order valence-electron chi connectivity index (χ1n) is 10.8. The van der Waals surface area contributed by atoms with Gasteiger partial charge in [0.25, 0.3) is 0 Å². The third-order valence-electron chi connectivity index (χ3n) is 5.27. The second-order valence-electron chi connectivity index (χ2n) is 8.48. The van der Waals surface area contributed by atoms with Gasteiger partial charge in [-0.15, -0.1) is 0 Å². The third-order valence-corrected chi connectivity index (χ3v) is 5.27. The second kappa shape index (κ2) is 9.22. The van der Waals surface area contributed by atoms with Crippen LogP contribution in [0.15, 0.2) is 60.9 Å². The van der Waals surface area contributed by atoms with Gasteiger partial charge in [-0.1, -0.05) is 26.0 Å². The van der Waals surface area contributed by atoms with E-state index in [1.165, 1.54) is 0 Å². The molecule has 0 bridgehead atoms. The predicted molar refractivity (Wildman–Crippen MR) is 124 cm³/mol. The summed E-state index contributed by atoms with van der Waals surface area (Å²) in [5.74, 6) is 0.143. The Morgan fingerprint density at radius 1 is 0.969 bits per heavy atom. The van der Waals surface area contributed by atoms with Crippen molar-refractivity contribution in [1.82, 2.24) is 19.7 Å². The number of benzene rings is 1. The first kappa shape index (κ1) is 21.6. The van der Waals surface area contributed by atoms with Crippen LogP contribution in [0.5, 0.6) is 0 Å². The molecule has 0 atom stereocenters. The summed E-state index contributed by atoms with van der Waals surface area (Å²) in [6.07, 6.45) is 5.00. The molecule has 0 aliphatic heterocycles. The molecule has 32 heavy (non-hydrogen) atoms. The Morgan fingerprint density at radius 3 is 2.53 bits per heavy atom. The number of hydrogen-bond acceptors (Lipinski definition) is 5. The summed E-state index contributed by atoms with van der Waals surface area (Å²) in [5, 5.41) is 5.50. The number of fused-ring (bicyclic) bond motifs is 1. The minimum atomic E-state index is -0.0795. The van der Waals surface area contributed by atoms with E-state index in [0.717, 1.165) is 27.8 Å². The molecule has 3 heterocycles. The number of carbonyl (C=O) groups excluding carboxylic acids is 2. The molecular weight excluding hydrogens is 400 g/mol. The largest absolute Gasteiger partial charge is 0.292 e. The van der Waals surface area contributed by atoms with Gasteiger partial charge in [0.05, 0.1) is 17.4 Å². The van der Waals surface area contributed by atoms with Crippen molar-refractivity contribution in [2.45, 2.75) is 40.0 Å². The van der Waals surface area contributed by atoms with E-state index < -0.39 is 0 Å². The zero-order chi connectivity index (χ0) is 22.7. The molecule has 0 spiro atoms. The van der Waals surface area contributed by atoms with E-state index in [-0.39, 0.29) is 17.5 Å². The number of aryl methyl sites for hydroxylation is 2. The summed E-state index contributed by atoms with van der Waals surface area (Å²) in [6.45, 7) is 5.95. The number of nitrogens with zero attached hydrogens (tertiary/aromatic N) is 4. The van der Waals surface area contributed by atoms with Gasteiger partial charge in [-0.2, -0.15) is 5.10 Å². The molecule has 0 aliphatic rings. The molecule has 0 saturated carbocycles. The molecule has 0 radical (unpaired) electrons. The molecule has 0 fully saturated rings. The SMILES string of the molecule is Cc1ccc2cc(-n3cc(CCC(=O)c4cccc(C(=O)CC(C)C)n4)cn3)ccc2n1. The fourth-order valence-electron chi connectivity index (χ4n) is 3.59. The van der Waals surface area contributed by atoms with E-state index in [0.29, 0.717) is 30.7 Å². The molecule has 4 aromatic rings. The van der Waals surface area contributed by atoms with E-state index in [2.05, 4.69) is 21.1 Å². The van der Waals surface area contributed by atoms with Crippen molar-refractivity contribution in [1.29, 1.82) is 0 Å². The Balaban J connectivity index is 1.43. The molecule has 1 aromatic carbocycles. The summed E-state index contributed by atoms with van der Waals surface area (Å²) in [7, 11) is 0. The summed E-state index contributed by atoms with van der Waals surface area (Å²) in [5.41, 5.74) is 4.54. The topological polar surface area (TPSA) is 77.7 Å². The van der Waals surface area contributed by atoms with E-state index in [1.807, 2.05) is 55.9 Å². The highest BCUT2D eigenvalue weighted by molar-refractivity contribution is 5.98. The highest BCUT2D eigenvalue weighted by Crippen LogP contribution is 2.18. The van der Waals surface area contributed by atoms with Crippen LogP contribution in [0.1, 0.15) is 58.9 Å². The molecule has 3 aromatic heterocycles. The number of pyridine rings is 2. The van der Waals surface area contributed by atoms with Crippen LogP contribution in [0, 0.1) is 12.8 Å². The molecule has 0 saturated heterocycles. The van der Waals surface area contributed by atoms with Gasteiger partial charge in [0.1, 0.15) is 11.4 Å². The zero-order valence-electron chi connectivity index (χ0n) is 18.6. The lowest BCUT2D eigenvalue weighted by atomic mass is 10.0. The molecule has 0 N–H and O–H groups in total. The standard InChI is InChI=1S/C26H26N4O2/c1-17(2)13-26(32)24-6-4-5-23(29-24)25(31)12-8-19-15-27-30(16-19)21-10-11-22-20(14-21)9-7-18(3)28-22/h4-7,9-11,14-17H,8,12-13H2,1-3H3. The Kier molecular flexibility index (Phi) is 6.21. The quantitative estimate of drug-likeness (QED) is 0.363. The maximum atomic E-state index is 12.7. The van der Waals surface area contributed by atoms with Crippen LogP contribution in [0.2, 0.25) is 0 Å². The summed E-state index contributed by atoms with van der Waals surface area (Å²) in [4.78, 5) is 33.7. The van der Waals surface area contributed by atoms with Gasteiger partial charge in [-0.25, -0.2) is 9.67 Å². The van der Waals surface area contributed by atoms with E-state index in [4.69, 9.17) is 0 Å². The Hall–Kier alpha value is -3.67. The third kappa shape index (κ3) is 4.97. The average molecular weight is 427 g/mol. The van der Waals surface area contributed by atoms with Gasteiger partial charge < -0.3 is 0 Å². The minimum absolute atomic E-state index is 0.0309. The molecule has 4 rings (SSSR count). The molecule has 0 aliphatic carbocycles. The maximum Gasteiger partial charge on any atom is 0.181 e. The molecule has 6 heteroatoms. The van der Waals surface area contributed by atoms with Crippen LogP contribution in [-0.4, -0.2) is 31.3 Å². The van der Waals surface area contributed by atoms with Crippen molar-refractivity contribution in [3.05, 3.63) is 83.6 Å². The smallest absolute Gasteiger partial charge is 0.181 e. The number of aromatic nitrogens is 4. The Bertz CT molecular complexity index is 1290. The number of Topliss-reactive ketones (excluding diaryl/α,β-unsaturated/α-hetero) is 2. The van der Waals surface area contributed by atoms with Crippen LogP contribution < -0.4 is 0 Å². The lowest BCUT2D eigenvalue weighted by Gasteiger charge is -2.05. The van der Waals surface area contributed by atoms with Crippen molar-refractivity contribution >= 4 is 22.5 Å². The van der Waals surface area contributed by atoms with Crippen LogP contribution >= 0.6 is 0 Å². The molecular formula is C26H26N4O2. The molecule has 6 nitrogen and oxygen atoms in total. The van der Waals surface area contributed by atoms with Gasteiger partial charge in [-0.05, 0) is 61.2 Å². The number of rotatable bonds is 8. The highest BCUT2D eigenvalue weighted by atomic mass is 16.1. The van der Waals surface area contributed by atoms with Gasteiger partial charge in [0, 0.05) is 30.1 Å². The number of carbonyl (C=O) groups is 2. The van der Waals surface area contributed by atoms with E-state index >= 15 is 0 Å². The minimum Gasteiger partial charge on any atom is -0.292 e. The van der Waals surface area contributed by atoms with Crippen molar-refractivity contribution < 1.29 is 9.59 Å². The van der Waals surface area contributed by atoms with Crippen molar-refractivity contribution in [3.63, 3.8) is 0 Å². The van der Waals surface area contributed by atoms with E-state index in [9.17, 15) is 9.59 Å².